The van der Waals surface area contributed by atoms with Crippen LogP contribution >= 0.6 is 0 Å². The van der Waals surface area contributed by atoms with E-state index in [0.29, 0.717) is 25.8 Å². The molecule has 1 aromatic rings. The van der Waals surface area contributed by atoms with Crippen molar-refractivity contribution in [2.75, 3.05) is 11.4 Å². The third-order valence-electron chi connectivity index (χ3n) is 4.35. The largest absolute Gasteiger partial charge is 0.481 e. The predicted octanol–water partition coefficient (Wildman–Crippen LogP) is 1.16. The summed E-state index contributed by atoms with van der Waals surface area (Å²) in [4.78, 5) is 24.6. The number of amides is 1. The van der Waals surface area contributed by atoms with Gasteiger partial charge in [0.15, 0.2) is 9.84 Å². The fourth-order valence-corrected chi connectivity index (χ4v) is 4.62. The number of hydrogen-bond donors (Lipinski definition) is 1. The van der Waals surface area contributed by atoms with E-state index in [0.717, 1.165) is 16.8 Å². The normalized spacial score (nSPS) is 18.2. The molecule has 0 spiro atoms. The minimum atomic E-state index is -3.68. The van der Waals surface area contributed by atoms with Crippen molar-refractivity contribution < 1.29 is 23.1 Å². The number of sulfone groups is 1. The summed E-state index contributed by atoms with van der Waals surface area (Å²) < 4.78 is 25.1. The maximum atomic E-state index is 12.6. The molecule has 22 heavy (non-hydrogen) atoms. The van der Waals surface area contributed by atoms with Crippen molar-refractivity contribution in [2.24, 2.45) is 0 Å². The molecule has 2 aliphatic heterocycles. The summed E-state index contributed by atoms with van der Waals surface area (Å²) in [5.74, 6) is -1.04. The van der Waals surface area contributed by atoms with Gasteiger partial charge in [0.05, 0.1) is 22.3 Å². The number of anilines is 1. The van der Waals surface area contributed by atoms with Crippen LogP contribution < -0.4 is 4.90 Å². The Balaban J connectivity index is 2.04. The average molecular weight is 323 g/mol. The van der Waals surface area contributed by atoms with Crippen molar-refractivity contribution >= 4 is 27.4 Å². The summed E-state index contributed by atoms with van der Waals surface area (Å²) in [6.45, 7) is 2.01. The Morgan fingerprint density at radius 1 is 1.27 bits per heavy atom. The Bertz CT molecular complexity index is 768. The van der Waals surface area contributed by atoms with Crippen LogP contribution in [0.4, 0.5) is 5.69 Å². The van der Waals surface area contributed by atoms with Crippen molar-refractivity contribution in [3.05, 3.63) is 23.3 Å². The van der Waals surface area contributed by atoms with Gasteiger partial charge in [-0.15, -0.1) is 0 Å². The zero-order chi connectivity index (χ0) is 16.1. The van der Waals surface area contributed by atoms with Crippen LogP contribution in [0.3, 0.4) is 0 Å². The summed E-state index contributed by atoms with van der Waals surface area (Å²) in [6.07, 6.45) is 1.15. The molecule has 0 fully saturated rings. The number of aryl methyl sites for hydroxylation is 1. The number of hydrogen-bond acceptors (Lipinski definition) is 4. The maximum absolute atomic E-state index is 12.6. The first kappa shape index (κ1) is 15.0. The van der Waals surface area contributed by atoms with Gasteiger partial charge in [0.2, 0.25) is 5.91 Å². The van der Waals surface area contributed by atoms with Crippen LogP contribution in [0.1, 0.15) is 30.9 Å². The molecule has 0 saturated carbocycles. The average Bonchev–Trinajstić information content (AvgIpc) is 2.87. The molecule has 1 N–H and O–H groups in total. The molecule has 118 valence electrons. The lowest BCUT2D eigenvalue weighted by molar-refractivity contribution is -0.137. The summed E-state index contributed by atoms with van der Waals surface area (Å²) >= 11 is 0. The Hall–Kier alpha value is -1.89. The predicted molar refractivity (Wildman–Crippen MR) is 79.7 cm³/mol. The number of carboxylic acids is 1. The van der Waals surface area contributed by atoms with Crippen LogP contribution in [0, 0.1) is 0 Å². The highest BCUT2D eigenvalue weighted by Crippen LogP contribution is 2.39. The van der Waals surface area contributed by atoms with E-state index in [4.69, 9.17) is 5.11 Å². The van der Waals surface area contributed by atoms with Crippen LogP contribution in [-0.4, -0.2) is 37.2 Å². The van der Waals surface area contributed by atoms with Gasteiger partial charge in [-0.2, -0.15) is 0 Å². The van der Waals surface area contributed by atoms with Crippen LogP contribution in [-0.2, 0) is 32.3 Å². The molecule has 0 unspecified atom stereocenters. The monoisotopic (exact) mass is 323 g/mol. The first-order chi connectivity index (χ1) is 10.3. The molecule has 0 saturated heterocycles. The van der Waals surface area contributed by atoms with Crippen molar-refractivity contribution in [1.82, 2.24) is 0 Å². The van der Waals surface area contributed by atoms with E-state index in [2.05, 4.69) is 0 Å². The highest BCUT2D eigenvalue weighted by Gasteiger charge is 2.34. The quantitative estimate of drug-likeness (QED) is 0.897. The zero-order valence-corrected chi connectivity index (χ0v) is 13.0. The fourth-order valence-electron chi connectivity index (χ4n) is 3.18. The number of carbonyl (C=O) groups excluding carboxylic acids is 1. The second-order valence-corrected chi connectivity index (χ2v) is 8.21. The fraction of sp³-hybridized carbons (Fsp3) is 0.467. The maximum Gasteiger partial charge on any atom is 0.304 e. The van der Waals surface area contributed by atoms with Gasteiger partial charge in [-0.05, 0) is 43.0 Å². The zero-order valence-electron chi connectivity index (χ0n) is 12.2. The SMILES string of the molecule is C[C@H](CC(=O)O)S(=O)(=O)c1cc2c3c(c1)CCN3C(=O)CC2. The van der Waals surface area contributed by atoms with Gasteiger partial charge >= 0.3 is 5.97 Å². The topological polar surface area (TPSA) is 91.8 Å². The van der Waals surface area contributed by atoms with E-state index < -0.39 is 27.5 Å². The lowest BCUT2D eigenvalue weighted by Crippen LogP contribution is -2.33. The number of nitrogens with zero attached hydrogens (tertiary/aromatic N) is 1. The number of benzene rings is 1. The third-order valence-corrected chi connectivity index (χ3v) is 6.46. The van der Waals surface area contributed by atoms with Gasteiger partial charge in [0, 0.05) is 13.0 Å². The smallest absolute Gasteiger partial charge is 0.304 e. The number of aliphatic carboxylic acids is 1. The Morgan fingerprint density at radius 3 is 2.55 bits per heavy atom. The number of carbonyl (C=O) groups is 2. The molecule has 0 aliphatic carbocycles. The molecule has 6 nitrogen and oxygen atoms in total. The van der Waals surface area contributed by atoms with E-state index >= 15 is 0 Å². The van der Waals surface area contributed by atoms with Crippen LogP contribution in [0.2, 0.25) is 0 Å². The molecular weight excluding hydrogens is 306 g/mol. The summed E-state index contributed by atoms with van der Waals surface area (Å²) in [7, 11) is -3.68. The summed E-state index contributed by atoms with van der Waals surface area (Å²) in [5, 5.41) is 7.84. The van der Waals surface area contributed by atoms with Crippen molar-refractivity contribution in [1.29, 1.82) is 0 Å². The van der Waals surface area contributed by atoms with E-state index in [1.807, 2.05) is 0 Å². The van der Waals surface area contributed by atoms with E-state index in [-0.39, 0.29) is 10.8 Å². The molecule has 0 radical (unpaired) electrons. The van der Waals surface area contributed by atoms with Crippen molar-refractivity contribution in [3.8, 4) is 0 Å². The molecule has 2 heterocycles. The highest BCUT2D eigenvalue weighted by atomic mass is 32.2. The van der Waals surface area contributed by atoms with Gasteiger partial charge < -0.3 is 10.0 Å². The van der Waals surface area contributed by atoms with Gasteiger partial charge in [-0.1, -0.05) is 0 Å². The van der Waals surface area contributed by atoms with Crippen molar-refractivity contribution in [2.45, 2.75) is 42.8 Å². The second-order valence-electron chi connectivity index (χ2n) is 5.84. The summed E-state index contributed by atoms with van der Waals surface area (Å²) in [6, 6.07) is 3.21. The van der Waals surface area contributed by atoms with Gasteiger partial charge in [0.1, 0.15) is 0 Å². The second kappa shape index (κ2) is 5.08. The number of rotatable bonds is 4. The minimum Gasteiger partial charge on any atom is -0.481 e. The molecule has 2 aliphatic rings. The Morgan fingerprint density at radius 2 is 1.91 bits per heavy atom. The minimum absolute atomic E-state index is 0.0844. The molecule has 0 aromatic heterocycles. The Kier molecular flexibility index (Phi) is 3.47. The van der Waals surface area contributed by atoms with Gasteiger partial charge in [0.25, 0.3) is 0 Å². The van der Waals surface area contributed by atoms with Crippen LogP contribution in [0.15, 0.2) is 17.0 Å². The third kappa shape index (κ3) is 2.29. The molecule has 1 atom stereocenters. The van der Waals surface area contributed by atoms with Gasteiger partial charge in [-0.3, -0.25) is 9.59 Å². The molecule has 1 amide bonds. The lowest BCUT2D eigenvalue weighted by Gasteiger charge is -2.26. The number of carboxylic acid groups (broad SMARTS) is 1. The molecule has 0 bridgehead atoms. The highest BCUT2D eigenvalue weighted by molar-refractivity contribution is 7.92. The van der Waals surface area contributed by atoms with Crippen LogP contribution in [0.5, 0.6) is 0 Å². The van der Waals surface area contributed by atoms with E-state index in [9.17, 15) is 18.0 Å². The molecule has 3 rings (SSSR count). The summed E-state index contributed by atoms with van der Waals surface area (Å²) in [5.41, 5.74) is 2.60. The standard InChI is InChI=1S/C15H17NO5S/c1-9(6-14(18)19)22(20,21)12-7-10-2-3-13(17)16-5-4-11(8-12)15(10)16/h7-9H,2-6H2,1H3,(H,18,19)/t9-/m1/s1. The Labute approximate surface area is 128 Å². The lowest BCUT2D eigenvalue weighted by atomic mass is 10.00. The molecule has 7 heteroatoms. The van der Waals surface area contributed by atoms with Gasteiger partial charge in [-0.25, -0.2) is 8.42 Å². The molecular formula is C15H17NO5S. The van der Waals surface area contributed by atoms with E-state index in [1.165, 1.54) is 6.92 Å². The van der Waals surface area contributed by atoms with Crippen molar-refractivity contribution in [3.63, 3.8) is 0 Å². The first-order valence-electron chi connectivity index (χ1n) is 7.22. The van der Waals surface area contributed by atoms with E-state index in [1.54, 1.807) is 17.0 Å². The van der Waals surface area contributed by atoms with Crippen LogP contribution in [0.25, 0.3) is 0 Å². The molecule has 1 aromatic carbocycles. The first-order valence-corrected chi connectivity index (χ1v) is 8.77.